The Bertz CT molecular complexity index is 539. The zero-order chi connectivity index (χ0) is 17.0. The van der Waals surface area contributed by atoms with Crippen LogP contribution in [-0.2, 0) is 4.74 Å². The van der Waals surface area contributed by atoms with Crippen molar-refractivity contribution in [3.8, 4) is 0 Å². The van der Waals surface area contributed by atoms with Gasteiger partial charge in [-0.15, -0.1) is 0 Å². The molecule has 1 saturated heterocycles. The molecule has 1 amide bonds. The molecular weight excluding hydrogens is 316 g/mol. The highest BCUT2D eigenvalue weighted by Crippen LogP contribution is 2.22. The minimum absolute atomic E-state index is 0.218. The van der Waals surface area contributed by atoms with E-state index in [1.807, 2.05) is 27.8 Å². The molecule has 23 heavy (non-hydrogen) atoms. The molecule has 1 aromatic rings. The number of rotatable bonds is 3. The second kappa shape index (κ2) is 7.34. The van der Waals surface area contributed by atoms with Gasteiger partial charge in [0, 0.05) is 26.7 Å². The van der Waals surface area contributed by atoms with Gasteiger partial charge in [0.05, 0.1) is 12.4 Å². The first-order chi connectivity index (χ1) is 10.7. The summed E-state index contributed by atoms with van der Waals surface area (Å²) < 4.78 is 5.42. The largest absolute Gasteiger partial charge is 0.444 e. The lowest BCUT2D eigenvalue weighted by Gasteiger charge is -2.35. The van der Waals surface area contributed by atoms with Crippen LogP contribution in [-0.4, -0.2) is 53.2 Å². The van der Waals surface area contributed by atoms with Crippen molar-refractivity contribution in [2.75, 3.05) is 31.6 Å². The fourth-order valence-electron chi connectivity index (χ4n) is 2.62. The second-order valence-electron chi connectivity index (χ2n) is 6.99. The van der Waals surface area contributed by atoms with E-state index in [-0.39, 0.29) is 6.09 Å². The van der Waals surface area contributed by atoms with E-state index in [0.717, 1.165) is 38.3 Å². The van der Waals surface area contributed by atoms with Gasteiger partial charge < -0.3 is 14.5 Å². The predicted molar refractivity (Wildman–Crippen MR) is 90.8 cm³/mol. The van der Waals surface area contributed by atoms with Crippen LogP contribution in [0.5, 0.6) is 0 Å². The average Bonchev–Trinajstić information content (AvgIpc) is 2.46. The lowest BCUT2D eigenvalue weighted by atomic mass is 9.96. The summed E-state index contributed by atoms with van der Waals surface area (Å²) in [6.07, 6.45) is 4.93. The van der Waals surface area contributed by atoms with E-state index in [2.05, 4.69) is 14.9 Å². The van der Waals surface area contributed by atoms with Gasteiger partial charge in [-0.3, -0.25) is 4.98 Å². The Morgan fingerprint density at radius 2 is 2.04 bits per heavy atom. The number of carbonyl (C=O) groups is 1. The van der Waals surface area contributed by atoms with Crippen LogP contribution in [0.4, 0.5) is 10.6 Å². The number of halogens is 1. The molecule has 0 atom stereocenters. The van der Waals surface area contributed by atoms with Crippen LogP contribution in [0.25, 0.3) is 0 Å². The van der Waals surface area contributed by atoms with Crippen LogP contribution < -0.4 is 4.90 Å². The van der Waals surface area contributed by atoms with Gasteiger partial charge in [0.2, 0.25) is 0 Å². The molecule has 2 heterocycles. The third kappa shape index (κ3) is 5.53. The van der Waals surface area contributed by atoms with Crippen molar-refractivity contribution in [3.05, 3.63) is 17.5 Å². The lowest BCUT2D eigenvalue weighted by molar-refractivity contribution is 0.0186. The normalized spacial score (nSPS) is 16.3. The lowest BCUT2D eigenvalue weighted by Crippen LogP contribution is -2.43. The van der Waals surface area contributed by atoms with Crippen LogP contribution in [0.1, 0.15) is 33.6 Å². The standard InChI is InChI=1S/C16H25ClN4O2/c1-16(2,3)23-15(22)21-7-5-12(6-8-21)11-20(4)14-10-18-9-13(17)19-14/h9-10,12H,5-8,11H2,1-4H3. The maximum Gasteiger partial charge on any atom is 0.410 e. The topological polar surface area (TPSA) is 58.6 Å². The molecule has 128 valence electrons. The first-order valence-corrected chi connectivity index (χ1v) is 8.29. The Balaban J connectivity index is 1.81. The first-order valence-electron chi connectivity index (χ1n) is 7.91. The van der Waals surface area contributed by atoms with E-state index in [9.17, 15) is 4.79 Å². The SMILES string of the molecule is CN(CC1CCN(C(=O)OC(C)(C)C)CC1)c1cncc(Cl)n1. The first kappa shape index (κ1) is 17.8. The number of piperidine rings is 1. The predicted octanol–water partition coefficient (Wildman–Crippen LogP) is 3.21. The van der Waals surface area contributed by atoms with Crippen molar-refractivity contribution >= 4 is 23.5 Å². The van der Waals surface area contributed by atoms with E-state index >= 15 is 0 Å². The monoisotopic (exact) mass is 340 g/mol. The van der Waals surface area contributed by atoms with Crippen molar-refractivity contribution in [1.82, 2.24) is 14.9 Å². The van der Waals surface area contributed by atoms with Gasteiger partial charge >= 0.3 is 6.09 Å². The van der Waals surface area contributed by atoms with Crippen molar-refractivity contribution in [3.63, 3.8) is 0 Å². The highest BCUT2D eigenvalue weighted by atomic mass is 35.5. The molecule has 1 fully saturated rings. The summed E-state index contributed by atoms with van der Waals surface area (Å²) in [5.41, 5.74) is -0.445. The van der Waals surface area contributed by atoms with Crippen LogP contribution in [0.2, 0.25) is 5.15 Å². The third-order valence-electron chi connectivity index (χ3n) is 3.78. The van der Waals surface area contributed by atoms with Gasteiger partial charge in [-0.1, -0.05) is 11.6 Å². The quantitative estimate of drug-likeness (QED) is 0.845. The Labute approximate surface area is 142 Å². The number of ether oxygens (including phenoxy) is 1. The number of likely N-dealkylation sites (tertiary alicyclic amines) is 1. The number of hydrogen-bond donors (Lipinski definition) is 0. The molecule has 0 aliphatic carbocycles. The molecule has 0 N–H and O–H groups in total. The highest BCUT2D eigenvalue weighted by molar-refractivity contribution is 6.29. The van der Waals surface area contributed by atoms with Gasteiger partial charge in [-0.2, -0.15) is 0 Å². The van der Waals surface area contributed by atoms with Crippen LogP contribution >= 0.6 is 11.6 Å². The Morgan fingerprint density at radius 3 is 2.61 bits per heavy atom. The summed E-state index contributed by atoms with van der Waals surface area (Å²) in [5.74, 6) is 1.28. The van der Waals surface area contributed by atoms with Crippen molar-refractivity contribution < 1.29 is 9.53 Å². The van der Waals surface area contributed by atoms with Gasteiger partial charge in [0.1, 0.15) is 16.6 Å². The summed E-state index contributed by atoms with van der Waals surface area (Å²) in [6.45, 7) is 8.00. The Morgan fingerprint density at radius 1 is 1.39 bits per heavy atom. The molecule has 6 nitrogen and oxygen atoms in total. The van der Waals surface area contributed by atoms with Crippen molar-refractivity contribution in [2.24, 2.45) is 5.92 Å². The van der Waals surface area contributed by atoms with E-state index in [1.54, 1.807) is 11.1 Å². The number of amides is 1. The molecular formula is C16H25ClN4O2. The summed E-state index contributed by atoms with van der Waals surface area (Å²) >= 11 is 5.88. The Hall–Kier alpha value is -1.56. The summed E-state index contributed by atoms with van der Waals surface area (Å²) in [5, 5.41) is 0.397. The van der Waals surface area contributed by atoms with Crippen LogP contribution in [0.3, 0.4) is 0 Å². The molecule has 0 radical (unpaired) electrons. The number of aromatic nitrogens is 2. The number of anilines is 1. The number of nitrogens with zero attached hydrogens (tertiary/aromatic N) is 4. The highest BCUT2D eigenvalue weighted by Gasteiger charge is 2.27. The van der Waals surface area contributed by atoms with Gasteiger partial charge in [-0.05, 0) is 39.5 Å². The fraction of sp³-hybridized carbons (Fsp3) is 0.688. The van der Waals surface area contributed by atoms with Crippen LogP contribution in [0, 0.1) is 5.92 Å². The number of hydrogen-bond acceptors (Lipinski definition) is 5. The van der Waals surface area contributed by atoms with E-state index in [4.69, 9.17) is 16.3 Å². The number of carbonyl (C=O) groups excluding carboxylic acids is 1. The third-order valence-corrected chi connectivity index (χ3v) is 3.96. The molecule has 1 aliphatic heterocycles. The van der Waals surface area contributed by atoms with Gasteiger partial charge in [0.15, 0.2) is 0 Å². The minimum atomic E-state index is -0.445. The molecule has 0 unspecified atom stereocenters. The smallest absolute Gasteiger partial charge is 0.410 e. The molecule has 0 saturated carbocycles. The minimum Gasteiger partial charge on any atom is -0.444 e. The molecule has 0 spiro atoms. The van der Waals surface area contributed by atoms with E-state index < -0.39 is 5.60 Å². The van der Waals surface area contributed by atoms with Crippen molar-refractivity contribution in [1.29, 1.82) is 0 Å². The van der Waals surface area contributed by atoms with E-state index in [1.165, 1.54) is 6.20 Å². The van der Waals surface area contributed by atoms with Gasteiger partial charge in [-0.25, -0.2) is 9.78 Å². The van der Waals surface area contributed by atoms with Crippen LogP contribution in [0.15, 0.2) is 12.4 Å². The average molecular weight is 341 g/mol. The molecule has 1 aliphatic rings. The molecule has 0 bridgehead atoms. The molecule has 7 heteroatoms. The van der Waals surface area contributed by atoms with E-state index in [0.29, 0.717) is 11.1 Å². The summed E-state index contributed by atoms with van der Waals surface area (Å²) in [6, 6.07) is 0. The fourth-order valence-corrected chi connectivity index (χ4v) is 2.76. The molecule has 0 aromatic carbocycles. The molecule has 2 rings (SSSR count). The Kier molecular flexibility index (Phi) is 5.68. The van der Waals surface area contributed by atoms with Gasteiger partial charge in [0.25, 0.3) is 0 Å². The van der Waals surface area contributed by atoms with Crippen molar-refractivity contribution in [2.45, 2.75) is 39.2 Å². The summed E-state index contributed by atoms with van der Waals surface area (Å²) in [4.78, 5) is 24.2. The second-order valence-corrected chi connectivity index (χ2v) is 7.38. The zero-order valence-corrected chi connectivity index (χ0v) is 15.0. The molecule has 1 aromatic heterocycles. The maximum atomic E-state index is 12.1. The summed E-state index contributed by atoms with van der Waals surface area (Å²) in [7, 11) is 1.99. The maximum absolute atomic E-state index is 12.1. The zero-order valence-electron chi connectivity index (χ0n) is 14.3.